The Hall–Kier alpha value is -2.83. The number of ether oxygens (including phenoxy) is 1. The van der Waals surface area contributed by atoms with Crippen LogP contribution in [0.3, 0.4) is 0 Å². The summed E-state index contributed by atoms with van der Waals surface area (Å²) in [5.74, 6) is -0.411. The highest BCUT2D eigenvalue weighted by atomic mass is 32.2. The fourth-order valence-corrected chi connectivity index (χ4v) is 5.03. The monoisotopic (exact) mass is 514 g/mol. The first kappa shape index (κ1) is 23.9. The third kappa shape index (κ3) is 4.57. The summed E-state index contributed by atoms with van der Waals surface area (Å²) < 4.78 is 70.1. The van der Waals surface area contributed by atoms with Crippen LogP contribution in [-0.4, -0.2) is 66.9 Å². The molecule has 0 unspecified atom stereocenters. The first-order chi connectivity index (χ1) is 16.1. The molecule has 13 heteroatoms. The minimum atomic E-state index is -5.83. The number of likely N-dealkylation sites (tertiary alicyclic amines) is 1. The van der Waals surface area contributed by atoms with Gasteiger partial charge in [-0.05, 0) is 57.2 Å². The number of anilines is 1. The van der Waals surface area contributed by atoms with Crippen LogP contribution in [0.1, 0.15) is 45.1 Å². The van der Waals surface area contributed by atoms with Crippen LogP contribution >= 0.6 is 0 Å². The Labute approximate surface area is 200 Å². The van der Waals surface area contributed by atoms with Crippen LogP contribution in [0.5, 0.6) is 5.88 Å². The fraction of sp³-hybridized carbons (Fsp3) is 0.591. The van der Waals surface area contributed by atoms with E-state index >= 15 is 0 Å². The van der Waals surface area contributed by atoms with Gasteiger partial charge in [0.1, 0.15) is 5.60 Å². The van der Waals surface area contributed by atoms with Gasteiger partial charge in [-0.25, -0.2) is 4.79 Å². The van der Waals surface area contributed by atoms with Gasteiger partial charge in [-0.2, -0.15) is 21.6 Å². The third-order valence-electron chi connectivity index (χ3n) is 6.30. The second-order valence-corrected chi connectivity index (χ2v) is 12.1. The highest BCUT2D eigenvalue weighted by molar-refractivity contribution is 7.87. The summed E-state index contributed by atoms with van der Waals surface area (Å²) in [5, 5.41) is 7.88. The van der Waals surface area contributed by atoms with E-state index in [-0.39, 0.29) is 11.5 Å². The summed E-state index contributed by atoms with van der Waals surface area (Å²) in [6.45, 7) is 8.26. The lowest BCUT2D eigenvalue weighted by molar-refractivity contribution is -0.0501. The second-order valence-electron chi connectivity index (χ2n) is 10.6. The van der Waals surface area contributed by atoms with Crippen molar-refractivity contribution in [3.8, 4) is 5.88 Å². The highest BCUT2D eigenvalue weighted by Crippen LogP contribution is 2.50. The van der Waals surface area contributed by atoms with Gasteiger partial charge in [-0.15, -0.1) is 10.2 Å². The largest absolute Gasteiger partial charge is 0.534 e. The number of halogens is 3. The zero-order valence-electron chi connectivity index (χ0n) is 19.4. The number of hydrogen-bond acceptors (Lipinski definition) is 8. The molecule has 1 aromatic carbocycles. The standard InChI is InChI=1S/C22H25F3N4O5S/c1-20(2,3)33-19(30)29-11-21(12-29)9-28(10-21)17-8-16-14(6-15(17)13-4-5-13)7-18(27-26-16)34-35(31,32)22(23,24)25/h6-8,13H,4-5,9-12H2,1-3H3. The number of carbonyl (C=O) groups excluding carboxylic acids is 1. The van der Waals surface area contributed by atoms with E-state index in [1.807, 2.05) is 32.9 Å². The molecule has 0 atom stereocenters. The van der Waals surface area contributed by atoms with Gasteiger partial charge in [0.05, 0.1) is 5.52 Å². The Kier molecular flexibility index (Phi) is 5.18. The Bertz CT molecular complexity index is 1290. The van der Waals surface area contributed by atoms with Crippen molar-refractivity contribution in [3.05, 3.63) is 23.8 Å². The molecule has 2 saturated heterocycles. The molecule has 1 saturated carbocycles. The molecule has 5 rings (SSSR count). The van der Waals surface area contributed by atoms with Gasteiger partial charge in [0.2, 0.25) is 0 Å². The summed E-state index contributed by atoms with van der Waals surface area (Å²) in [6.07, 6.45) is 1.68. The van der Waals surface area contributed by atoms with E-state index in [1.165, 1.54) is 0 Å². The van der Waals surface area contributed by atoms with E-state index < -0.39 is 27.1 Å². The number of rotatable bonds is 4. The van der Waals surface area contributed by atoms with Crippen molar-refractivity contribution in [1.29, 1.82) is 0 Å². The molecule has 1 amide bonds. The van der Waals surface area contributed by atoms with Crippen LogP contribution < -0.4 is 9.08 Å². The van der Waals surface area contributed by atoms with E-state index in [0.717, 1.165) is 43.2 Å². The normalized spacial score (nSPS) is 19.9. The molecule has 1 aliphatic carbocycles. The van der Waals surface area contributed by atoms with Crippen molar-refractivity contribution in [1.82, 2.24) is 15.1 Å². The number of carbonyl (C=O) groups is 1. The van der Waals surface area contributed by atoms with E-state index in [4.69, 9.17) is 4.74 Å². The molecule has 3 aliphatic rings. The molecule has 35 heavy (non-hydrogen) atoms. The van der Waals surface area contributed by atoms with Crippen molar-refractivity contribution >= 4 is 32.8 Å². The first-order valence-electron chi connectivity index (χ1n) is 11.2. The topological polar surface area (TPSA) is 102 Å². The minimum Gasteiger partial charge on any atom is -0.444 e. The smallest absolute Gasteiger partial charge is 0.444 e. The number of amides is 1. The molecule has 0 bridgehead atoms. The molecule has 1 aromatic heterocycles. The predicted octanol–water partition coefficient (Wildman–Crippen LogP) is 3.79. The SMILES string of the molecule is CC(C)(C)OC(=O)N1CC2(C1)CN(c1cc3nnc(OS(=O)(=O)C(F)(F)F)cc3cc1C1CC1)C2. The van der Waals surface area contributed by atoms with E-state index in [2.05, 4.69) is 19.3 Å². The van der Waals surface area contributed by atoms with E-state index in [1.54, 1.807) is 4.90 Å². The van der Waals surface area contributed by atoms with Gasteiger partial charge < -0.3 is 18.7 Å². The number of fused-ring (bicyclic) bond motifs is 1. The van der Waals surface area contributed by atoms with Gasteiger partial charge in [0, 0.05) is 48.7 Å². The van der Waals surface area contributed by atoms with Crippen LogP contribution in [0.4, 0.5) is 23.7 Å². The van der Waals surface area contributed by atoms with Gasteiger partial charge in [-0.1, -0.05) is 0 Å². The summed E-state index contributed by atoms with van der Waals surface area (Å²) in [7, 11) is -5.83. The summed E-state index contributed by atoms with van der Waals surface area (Å²) in [5.41, 5.74) is -3.65. The van der Waals surface area contributed by atoms with Gasteiger partial charge in [0.15, 0.2) is 0 Å². The first-order valence-corrected chi connectivity index (χ1v) is 12.6. The average molecular weight is 515 g/mol. The van der Waals surface area contributed by atoms with Crippen molar-refractivity contribution in [3.63, 3.8) is 0 Å². The number of benzene rings is 1. The fourth-order valence-electron chi connectivity index (χ4n) is 4.63. The van der Waals surface area contributed by atoms with Crippen LogP contribution in [0.25, 0.3) is 10.9 Å². The van der Waals surface area contributed by atoms with Crippen molar-refractivity contribution in [2.24, 2.45) is 5.41 Å². The second kappa shape index (κ2) is 7.58. The van der Waals surface area contributed by atoms with Gasteiger partial charge >= 0.3 is 21.7 Å². The average Bonchev–Trinajstić information content (AvgIpc) is 3.47. The molecule has 0 radical (unpaired) electrons. The molecule has 3 heterocycles. The predicted molar refractivity (Wildman–Crippen MR) is 120 cm³/mol. The molecular weight excluding hydrogens is 489 g/mol. The zero-order valence-corrected chi connectivity index (χ0v) is 20.2. The molecule has 9 nitrogen and oxygen atoms in total. The molecule has 2 aromatic rings. The lowest BCUT2D eigenvalue weighted by Crippen LogP contribution is -2.73. The number of hydrogen-bond donors (Lipinski definition) is 0. The maximum atomic E-state index is 12.6. The molecule has 3 fully saturated rings. The van der Waals surface area contributed by atoms with Crippen LogP contribution in [-0.2, 0) is 14.9 Å². The Morgan fingerprint density at radius 1 is 1.06 bits per heavy atom. The van der Waals surface area contributed by atoms with E-state index in [9.17, 15) is 26.4 Å². The lowest BCUT2D eigenvalue weighted by Gasteiger charge is -2.60. The molecule has 2 aliphatic heterocycles. The minimum absolute atomic E-state index is 0.0159. The maximum Gasteiger partial charge on any atom is 0.534 e. The lowest BCUT2D eigenvalue weighted by atomic mass is 9.72. The Balaban J connectivity index is 1.32. The Morgan fingerprint density at radius 3 is 2.29 bits per heavy atom. The van der Waals surface area contributed by atoms with Crippen LogP contribution in [0.2, 0.25) is 0 Å². The van der Waals surface area contributed by atoms with Crippen LogP contribution in [0.15, 0.2) is 18.2 Å². The number of aromatic nitrogens is 2. The van der Waals surface area contributed by atoms with Crippen molar-refractivity contribution < 1.29 is 35.3 Å². The van der Waals surface area contributed by atoms with Gasteiger partial charge in [-0.3, -0.25) is 0 Å². The molecule has 0 N–H and O–H groups in total. The third-order valence-corrected chi connectivity index (χ3v) is 7.26. The van der Waals surface area contributed by atoms with Gasteiger partial charge in [0.25, 0.3) is 5.88 Å². The highest BCUT2D eigenvalue weighted by Gasteiger charge is 2.54. The zero-order chi connectivity index (χ0) is 25.4. The Morgan fingerprint density at radius 2 is 1.71 bits per heavy atom. The number of nitrogens with zero attached hydrogens (tertiary/aromatic N) is 4. The van der Waals surface area contributed by atoms with Crippen molar-refractivity contribution in [2.45, 2.75) is 50.6 Å². The summed E-state index contributed by atoms with van der Waals surface area (Å²) in [6, 6.07) is 4.81. The molecule has 1 spiro atoms. The maximum absolute atomic E-state index is 12.6. The quantitative estimate of drug-likeness (QED) is 0.449. The molecular formula is C22H25F3N4O5S. The molecule has 190 valence electrons. The summed E-state index contributed by atoms with van der Waals surface area (Å²) >= 11 is 0. The van der Waals surface area contributed by atoms with Crippen LogP contribution in [0, 0.1) is 5.41 Å². The summed E-state index contributed by atoms with van der Waals surface area (Å²) in [4.78, 5) is 16.2. The van der Waals surface area contributed by atoms with Crippen molar-refractivity contribution in [2.75, 3.05) is 31.1 Å². The number of alkyl halides is 3. The van der Waals surface area contributed by atoms with E-state index in [0.29, 0.717) is 29.9 Å².